The lowest BCUT2D eigenvalue weighted by atomic mass is 9.97. The van der Waals surface area contributed by atoms with E-state index in [4.69, 9.17) is 4.74 Å². The van der Waals surface area contributed by atoms with E-state index in [0.29, 0.717) is 11.5 Å². The predicted molar refractivity (Wildman–Crippen MR) is 67.7 cm³/mol. The van der Waals surface area contributed by atoms with Crippen LogP contribution < -0.4 is 5.32 Å². The zero-order valence-electron chi connectivity index (χ0n) is 10.8. The minimum atomic E-state index is 0.597. The van der Waals surface area contributed by atoms with E-state index >= 15 is 0 Å². The third-order valence-electron chi connectivity index (χ3n) is 4.14. The topological polar surface area (TPSA) is 21.3 Å². The van der Waals surface area contributed by atoms with Crippen LogP contribution in [0.25, 0.3) is 0 Å². The van der Waals surface area contributed by atoms with Crippen LogP contribution in [0.5, 0.6) is 0 Å². The first-order valence-electron chi connectivity index (χ1n) is 7.17. The van der Waals surface area contributed by atoms with Crippen LogP contribution >= 0.6 is 0 Å². The fourth-order valence-electron chi connectivity index (χ4n) is 2.80. The highest BCUT2D eigenvalue weighted by atomic mass is 16.5. The van der Waals surface area contributed by atoms with Crippen molar-refractivity contribution in [2.75, 3.05) is 19.7 Å². The zero-order valence-corrected chi connectivity index (χ0v) is 10.8. The Balaban J connectivity index is 1.54. The van der Waals surface area contributed by atoms with Crippen molar-refractivity contribution in [3.63, 3.8) is 0 Å². The number of ether oxygens (including phenoxy) is 1. The number of nitrogens with one attached hydrogen (secondary N) is 1. The molecule has 1 N–H and O–H groups in total. The number of rotatable bonds is 8. The van der Waals surface area contributed by atoms with Gasteiger partial charge >= 0.3 is 0 Å². The molecule has 1 unspecified atom stereocenters. The Morgan fingerprint density at radius 1 is 1.38 bits per heavy atom. The van der Waals surface area contributed by atoms with E-state index in [2.05, 4.69) is 12.2 Å². The molecule has 16 heavy (non-hydrogen) atoms. The van der Waals surface area contributed by atoms with Crippen LogP contribution in [0.1, 0.15) is 58.3 Å². The summed E-state index contributed by atoms with van der Waals surface area (Å²) in [7, 11) is 0. The molecule has 1 aliphatic heterocycles. The van der Waals surface area contributed by atoms with Crippen LogP contribution in [-0.4, -0.2) is 25.8 Å². The molecule has 0 aromatic rings. The van der Waals surface area contributed by atoms with E-state index in [9.17, 15) is 0 Å². The van der Waals surface area contributed by atoms with E-state index in [1.165, 1.54) is 64.5 Å². The van der Waals surface area contributed by atoms with Crippen molar-refractivity contribution in [3.05, 3.63) is 0 Å². The molecular weight excluding hydrogens is 198 g/mol. The van der Waals surface area contributed by atoms with E-state index < -0.39 is 0 Å². The van der Waals surface area contributed by atoms with Gasteiger partial charge in [0.2, 0.25) is 0 Å². The molecule has 1 atom stereocenters. The standard InChI is InChI=1S/C14H27NO/c1-2-10-15-12-14(8-9-14)7-3-5-13-6-4-11-16-13/h13,15H,2-12H2,1H3. The maximum Gasteiger partial charge on any atom is 0.0576 e. The summed E-state index contributed by atoms with van der Waals surface area (Å²) < 4.78 is 5.67. The molecule has 0 bridgehead atoms. The van der Waals surface area contributed by atoms with Gasteiger partial charge in [-0.3, -0.25) is 0 Å². The van der Waals surface area contributed by atoms with Crippen molar-refractivity contribution >= 4 is 0 Å². The van der Waals surface area contributed by atoms with Gasteiger partial charge in [0.1, 0.15) is 0 Å². The van der Waals surface area contributed by atoms with E-state index in [1.54, 1.807) is 0 Å². The minimum Gasteiger partial charge on any atom is -0.378 e. The molecule has 0 radical (unpaired) electrons. The van der Waals surface area contributed by atoms with E-state index in [-0.39, 0.29) is 0 Å². The largest absolute Gasteiger partial charge is 0.378 e. The van der Waals surface area contributed by atoms with Crippen molar-refractivity contribution in [2.45, 2.75) is 64.4 Å². The fraction of sp³-hybridized carbons (Fsp3) is 1.00. The molecule has 2 heteroatoms. The van der Waals surface area contributed by atoms with Crippen LogP contribution in [0.4, 0.5) is 0 Å². The zero-order chi connectivity index (χ0) is 11.3. The fourth-order valence-corrected chi connectivity index (χ4v) is 2.80. The van der Waals surface area contributed by atoms with Crippen LogP contribution in [0.15, 0.2) is 0 Å². The van der Waals surface area contributed by atoms with Crippen molar-refractivity contribution in [1.82, 2.24) is 5.32 Å². The molecule has 0 aromatic heterocycles. The Bertz CT molecular complexity index is 195. The third kappa shape index (κ3) is 3.74. The highest BCUT2D eigenvalue weighted by molar-refractivity contribution is 4.94. The first-order valence-corrected chi connectivity index (χ1v) is 7.17. The van der Waals surface area contributed by atoms with Gasteiger partial charge in [0.05, 0.1) is 6.10 Å². The summed E-state index contributed by atoms with van der Waals surface area (Å²) in [5.74, 6) is 0. The molecule has 2 fully saturated rings. The lowest BCUT2D eigenvalue weighted by Crippen LogP contribution is -2.24. The molecule has 0 amide bonds. The highest BCUT2D eigenvalue weighted by Gasteiger charge is 2.41. The van der Waals surface area contributed by atoms with Crippen LogP contribution in [-0.2, 0) is 4.74 Å². The first-order chi connectivity index (χ1) is 7.85. The third-order valence-corrected chi connectivity index (χ3v) is 4.14. The van der Waals surface area contributed by atoms with Crippen LogP contribution in [0, 0.1) is 5.41 Å². The van der Waals surface area contributed by atoms with Gasteiger partial charge in [-0.1, -0.05) is 13.3 Å². The van der Waals surface area contributed by atoms with Gasteiger partial charge in [-0.05, 0) is 56.9 Å². The van der Waals surface area contributed by atoms with E-state index in [0.717, 1.165) is 6.61 Å². The average molecular weight is 225 g/mol. The molecule has 0 spiro atoms. The summed E-state index contributed by atoms with van der Waals surface area (Å²) in [6.07, 6.45) is 11.4. The second kappa shape index (κ2) is 6.02. The molecule has 0 aromatic carbocycles. The Kier molecular flexibility index (Phi) is 4.66. The Morgan fingerprint density at radius 2 is 2.25 bits per heavy atom. The molecular formula is C14H27NO. The van der Waals surface area contributed by atoms with Crippen molar-refractivity contribution in [3.8, 4) is 0 Å². The number of hydrogen-bond donors (Lipinski definition) is 1. The SMILES string of the molecule is CCCNCC1(CCCC2CCCO2)CC1. The second-order valence-corrected chi connectivity index (χ2v) is 5.70. The molecule has 2 aliphatic rings. The second-order valence-electron chi connectivity index (χ2n) is 5.70. The molecule has 1 heterocycles. The van der Waals surface area contributed by atoms with Gasteiger partial charge in [-0.25, -0.2) is 0 Å². The van der Waals surface area contributed by atoms with Gasteiger partial charge in [0.15, 0.2) is 0 Å². The molecule has 2 rings (SSSR count). The van der Waals surface area contributed by atoms with Gasteiger partial charge in [-0.15, -0.1) is 0 Å². The minimum absolute atomic E-state index is 0.597. The quantitative estimate of drug-likeness (QED) is 0.641. The maximum absolute atomic E-state index is 5.67. The summed E-state index contributed by atoms with van der Waals surface area (Å²) in [5, 5.41) is 3.59. The normalized spacial score (nSPS) is 27.2. The smallest absolute Gasteiger partial charge is 0.0576 e. The summed E-state index contributed by atoms with van der Waals surface area (Å²) in [4.78, 5) is 0. The Hall–Kier alpha value is -0.0800. The summed E-state index contributed by atoms with van der Waals surface area (Å²) >= 11 is 0. The van der Waals surface area contributed by atoms with Crippen LogP contribution in [0.3, 0.4) is 0 Å². The maximum atomic E-state index is 5.67. The highest BCUT2D eigenvalue weighted by Crippen LogP contribution is 2.49. The summed E-state index contributed by atoms with van der Waals surface area (Å²) in [6.45, 7) is 5.69. The Morgan fingerprint density at radius 3 is 2.88 bits per heavy atom. The molecule has 1 saturated heterocycles. The predicted octanol–water partition coefficient (Wildman–Crippen LogP) is 3.12. The lowest BCUT2D eigenvalue weighted by Gasteiger charge is -2.17. The molecule has 2 nitrogen and oxygen atoms in total. The number of hydrogen-bond acceptors (Lipinski definition) is 2. The van der Waals surface area contributed by atoms with Crippen molar-refractivity contribution in [1.29, 1.82) is 0 Å². The van der Waals surface area contributed by atoms with Crippen LogP contribution in [0.2, 0.25) is 0 Å². The average Bonchev–Trinajstić information content (AvgIpc) is 2.86. The first kappa shape index (κ1) is 12.4. The lowest BCUT2D eigenvalue weighted by molar-refractivity contribution is 0.100. The van der Waals surface area contributed by atoms with Gasteiger partial charge < -0.3 is 10.1 Å². The van der Waals surface area contributed by atoms with Gasteiger partial charge in [0, 0.05) is 13.2 Å². The van der Waals surface area contributed by atoms with Crippen molar-refractivity contribution < 1.29 is 4.74 Å². The van der Waals surface area contributed by atoms with Gasteiger partial charge in [0.25, 0.3) is 0 Å². The Labute approximate surface area is 100 Å². The van der Waals surface area contributed by atoms with E-state index in [1.807, 2.05) is 0 Å². The monoisotopic (exact) mass is 225 g/mol. The molecule has 1 saturated carbocycles. The molecule has 1 aliphatic carbocycles. The summed E-state index contributed by atoms with van der Waals surface area (Å²) in [6, 6.07) is 0. The van der Waals surface area contributed by atoms with Gasteiger partial charge in [-0.2, -0.15) is 0 Å². The van der Waals surface area contributed by atoms with Crippen molar-refractivity contribution in [2.24, 2.45) is 5.41 Å². The summed E-state index contributed by atoms with van der Waals surface area (Å²) in [5.41, 5.74) is 0.688. The molecule has 94 valence electrons.